The van der Waals surface area contributed by atoms with E-state index in [-0.39, 0.29) is 11.4 Å². The van der Waals surface area contributed by atoms with E-state index in [1.165, 1.54) is 42.5 Å². The van der Waals surface area contributed by atoms with Crippen molar-refractivity contribution < 1.29 is 22.3 Å². The van der Waals surface area contributed by atoms with E-state index in [1.807, 2.05) is 0 Å². The van der Waals surface area contributed by atoms with Gasteiger partial charge in [-0.3, -0.25) is 4.31 Å². The summed E-state index contributed by atoms with van der Waals surface area (Å²) in [5.74, 6) is 0.464. The normalized spacial score (nSPS) is 13.4. The molecule has 1 heterocycles. The Balaban J connectivity index is 2.02. The first-order chi connectivity index (χ1) is 11.5. The molecule has 0 bridgehead atoms. The Bertz CT molecular complexity index is 849. The fourth-order valence-corrected chi connectivity index (χ4v) is 3.83. The molecule has 2 aromatic rings. The van der Waals surface area contributed by atoms with Gasteiger partial charge in [0.2, 0.25) is 0 Å². The van der Waals surface area contributed by atoms with Crippen molar-refractivity contribution in [1.29, 1.82) is 0 Å². The molecule has 1 aliphatic rings. The molecular formula is C17H16FNO4S. The third-order valence-corrected chi connectivity index (χ3v) is 5.30. The van der Waals surface area contributed by atoms with E-state index in [1.54, 1.807) is 6.07 Å². The monoisotopic (exact) mass is 349 g/mol. The molecule has 0 saturated carbocycles. The van der Waals surface area contributed by atoms with E-state index in [2.05, 4.69) is 6.58 Å². The lowest BCUT2D eigenvalue weighted by atomic mass is 10.3. The molecular weight excluding hydrogens is 333 g/mol. The van der Waals surface area contributed by atoms with Crippen molar-refractivity contribution in [3.8, 4) is 11.5 Å². The van der Waals surface area contributed by atoms with Gasteiger partial charge in [0, 0.05) is 6.07 Å². The summed E-state index contributed by atoms with van der Waals surface area (Å²) >= 11 is 0. The van der Waals surface area contributed by atoms with Crippen LogP contribution in [0.3, 0.4) is 0 Å². The van der Waals surface area contributed by atoms with Crippen LogP contribution in [0.2, 0.25) is 0 Å². The number of benzene rings is 2. The quantitative estimate of drug-likeness (QED) is 0.779. The molecule has 0 N–H and O–H groups in total. The summed E-state index contributed by atoms with van der Waals surface area (Å²) in [5.41, 5.74) is 0.353. The van der Waals surface area contributed by atoms with Crippen LogP contribution in [0.15, 0.2) is 60.0 Å². The van der Waals surface area contributed by atoms with E-state index < -0.39 is 15.8 Å². The van der Waals surface area contributed by atoms with Crippen molar-refractivity contribution >= 4 is 15.7 Å². The fraction of sp³-hybridized carbons (Fsp3) is 0.176. The third-order valence-electron chi connectivity index (χ3n) is 3.51. The van der Waals surface area contributed by atoms with Gasteiger partial charge in [-0.2, -0.15) is 0 Å². The summed E-state index contributed by atoms with van der Waals surface area (Å²) in [6.07, 6.45) is 1.47. The number of nitrogens with zero attached hydrogens (tertiary/aromatic N) is 1. The number of halogens is 1. The van der Waals surface area contributed by atoms with E-state index in [4.69, 9.17) is 9.47 Å². The minimum Gasteiger partial charge on any atom is -0.486 e. The van der Waals surface area contributed by atoms with Crippen LogP contribution in [-0.2, 0) is 10.0 Å². The van der Waals surface area contributed by atoms with Crippen molar-refractivity contribution in [2.75, 3.05) is 24.1 Å². The molecule has 1 aliphatic heterocycles. The van der Waals surface area contributed by atoms with Gasteiger partial charge in [-0.05, 0) is 36.4 Å². The maximum atomic E-state index is 13.1. The molecule has 0 fully saturated rings. The first kappa shape index (κ1) is 16.3. The molecule has 0 aromatic heterocycles. The number of fused-ring (bicyclic) bond motifs is 1. The van der Waals surface area contributed by atoms with Crippen LogP contribution in [0.4, 0.5) is 10.1 Å². The van der Waals surface area contributed by atoms with Crippen molar-refractivity contribution in [3.63, 3.8) is 0 Å². The van der Waals surface area contributed by atoms with E-state index in [0.717, 1.165) is 4.31 Å². The first-order valence-corrected chi connectivity index (χ1v) is 8.75. The fourth-order valence-electron chi connectivity index (χ4n) is 2.38. The smallest absolute Gasteiger partial charge is 0.264 e. The van der Waals surface area contributed by atoms with E-state index in [9.17, 15) is 12.8 Å². The number of hydrogen-bond donors (Lipinski definition) is 0. The lowest BCUT2D eigenvalue weighted by Crippen LogP contribution is -2.31. The topological polar surface area (TPSA) is 55.8 Å². The maximum Gasteiger partial charge on any atom is 0.264 e. The van der Waals surface area contributed by atoms with E-state index >= 15 is 0 Å². The Kier molecular flexibility index (Phi) is 4.44. The van der Waals surface area contributed by atoms with Gasteiger partial charge < -0.3 is 9.47 Å². The second kappa shape index (κ2) is 6.52. The van der Waals surface area contributed by atoms with Gasteiger partial charge in [-0.25, -0.2) is 12.8 Å². The Labute approximate surface area is 140 Å². The Morgan fingerprint density at radius 2 is 1.75 bits per heavy atom. The van der Waals surface area contributed by atoms with Crippen LogP contribution in [0.1, 0.15) is 0 Å². The van der Waals surface area contributed by atoms with Gasteiger partial charge >= 0.3 is 0 Å². The number of rotatable bonds is 5. The first-order valence-electron chi connectivity index (χ1n) is 7.31. The number of hydrogen-bond acceptors (Lipinski definition) is 4. The minimum absolute atomic E-state index is 0.0579. The van der Waals surface area contributed by atoms with Crippen molar-refractivity contribution in [1.82, 2.24) is 0 Å². The van der Waals surface area contributed by atoms with Crippen molar-refractivity contribution in [3.05, 3.63) is 60.9 Å². The Hall–Kier alpha value is -2.54. The predicted octanol–water partition coefficient (Wildman–Crippen LogP) is 2.98. The average Bonchev–Trinajstić information content (AvgIpc) is 2.60. The molecule has 7 heteroatoms. The Morgan fingerprint density at radius 3 is 2.42 bits per heavy atom. The molecule has 0 aliphatic carbocycles. The molecule has 0 unspecified atom stereocenters. The average molecular weight is 349 g/mol. The summed E-state index contributed by atoms with van der Waals surface area (Å²) < 4.78 is 51.1. The Morgan fingerprint density at radius 1 is 1.08 bits per heavy atom. The minimum atomic E-state index is -3.86. The predicted molar refractivity (Wildman–Crippen MR) is 88.6 cm³/mol. The molecule has 0 amide bonds. The molecule has 0 atom stereocenters. The van der Waals surface area contributed by atoms with Crippen LogP contribution >= 0.6 is 0 Å². The summed E-state index contributed by atoms with van der Waals surface area (Å²) in [5, 5.41) is 0. The third kappa shape index (κ3) is 3.07. The lowest BCUT2D eigenvalue weighted by Gasteiger charge is -2.24. The van der Waals surface area contributed by atoms with Gasteiger partial charge in [0.1, 0.15) is 19.0 Å². The number of anilines is 1. The van der Waals surface area contributed by atoms with Gasteiger partial charge in [0.05, 0.1) is 17.1 Å². The van der Waals surface area contributed by atoms with Gasteiger partial charge in [0.15, 0.2) is 11.5 Å². The van der Waals surface area contributed by atoms with E-state index in [0.29, 0.717) is 30.4 Å². The molecule has 2 aromatic carbocycles. The zero-order valence-corrected chi connectivity index (χ0v) is 13.6. The van der Waals surface area contributed by atoms with Gasteiger partial charge in [-0.1, -0.05) is 6.08 Å². The lowest BCUT2D eigenvalue weighted by molar-refractivity contribution is 0.171. The molecule has 3 rings (SSSR count). The number of ether oxygens (including phenoxy) is 2. The van der Waals surface area contributed by atoms with Gasteiger partial charge in [-0.15, -0.1) is 6.58 Å². The highest BCUT2D eigenvalue weighted by Gasteiger charge is 2.26. The summed E-state index contributed by atoms with van der Waals surface area (Å²) in [7, 11) is -3.86. The van der Waals surface area contributed by atoms with Crippen LogP contribution in [0.5, 0.6) is 11.5 Å². The molecule has 0 spiro atoms. The molecule has 0 radical (unpaired) electrons. The highest BCUT2D eigenvalue weighted by molar-refractivity contribution is 7.92. The summed E-state index contributed by atoms with van der Waals surface area (Å²) in [6, 6.07) is 9.71. The maximum absolute atomic E-state index is 13.1. The van der Waals surface area contributed by atoms with Crippen LogP contribution in [-0.4, -0.2) is 28.2 Å². The highest BCUT2D eigenvalue weighted by Crippen LogP contribution is 2.34. The highest BCUT2D eigenvalue weighted by atomic mass is 32.2. The molecule has 24 heavy (non-hydrogen) atoms. The zero-order valence-electron chi connectivity index (χ0n) is 12.8. The largest absolute Gasteiger partial charge is 0.486 e. The SMILES string of the molecule is C=CCN(c1ccc(F)cc1)S(=O)(=O)c1ccc2c(c1)OCCO2. The standard InChI is InChI=1S/C17H16FNO4S/c1-2-9-19(14-5-3-13(18)4-6-14)24(20,21)15-7-8-16-17(12-15)23-11-10-22-16/h2-8,12H,1,9-11H2. The number of sulfonamides is 1. The second-order valence-electron chi connectivity index (χ2n) is 5.11. The van der Waals surface area contributed by atoms with Gasteiger partial charge in [0.25, 0.3) is 10.0 Å². The summed E-state index contributed by atoms with van der Waals surface area (Å²) in [4.78, 5) is 0.0675. The van der Waals surface area contributed by atoms with Crippen molar-refractivity contribution in [2.45, 2.75) is 4.90 Å². The van der Waals surface area contributed by atoms with Crippen LogP contribution < -0.4 is 13.8 Å². The molecule has 126 valence electrons. The van der Waals surface area contributed by atoms with Crippen LogP contribution in [0, 0.1) is 5.82 Å². The van der Waals surface area contributed by atoms with Crippen LogP contribution in [0.25, 0.3) is 0 Å². The molecule has 0 saturated heterocycles. The molecule has 5 nitrogen and oxygen atoms in total. The summed E-state index contributed by atoms with van der Waals surface area (Å²) in [6.45, 7) is 4.45. The zero-order chi connectivity index (χ0) is 17.2. The van der Waals surface area contributed by atoms with Crippen molar-refractivity contribution in [2.24, 2.45) is 0 Å². The second-order valence-corrected chi connectivity index (χ2v) is 6.97.